The van der Waals surface area contributed by atoms with Crippen molar-refractivity contribution < 1.29 is 27.3 Å². The number of rotatable bonds is 10. The van der Waals surface area contributed by atoms with Crippen molar-refractivity contribution in [3.63, 3.8) is 0 Å². The average molecular weight is 494 g/mol. The highest BCUT2D eigenvalue weighted by molar-refractivity contribution is 7.86. The average Bonchev–Trinajstić information content (AvgIpc) is 2.83. The molecule has 0 bridgehead atoms. The van der Waals surface area contributed by atoms with Crippen molar-refractivity contribution in [3.8, 4) is 5.75 Å². The summed E-state index contributed by atoms with van der Waals surface area (Å²) in [6.07, 6.45) is 5.06. The first-order chi connectivity index (χ1) is 16.6. The fourth-order valence-corrected chi connectivity index (χ4v) is 3.86. The van der Waals surface area contributed by atoms with Crippen molar-refractivity contribution in [2.24, 2.45) is 5.92 Å². The standard InChI is InChI=1S/C27H27NO6S/c1-20(27(30)31)19-22-10-14-24(15-11-22)28(26(29)23-8-4-3-5-9-23)18-6-7-21-12-16-25(17-13-21)34-35(2,32)33/h3-17,20H,18-19H2,1-2H3,(H,30,31)/b7-6+/t20-/m0/s1. The molecule has 35 heavy (non-hydrogen) atoms. The molecule has 0 saturated carbocycles. The van der Waals surface area contributed by atoms with Crippen molar-refractivity contribution in [2.75, 3.05) is 17.7 Å². The molecule has 1 amide bonds. The summed E-state index contributed by atoms with van der Waals surface area (Å²) < 4.78 is 27.4. The smallest absolute Gasteiger partial charge is 0.306 e. The topological polar surface area (TPSA) is 101 Å². The number of amides is 1. The molecule has 3 aromatic rings. The Bertz CT molecular complexity index is 1280. The zero-order chi connectivity index (χ0) is 25.4. The van der Waals surface area contributed by atoms with Crippen LogP contribution in [-0.2, 0) is 21.3 Å². The molecule has 0 unspecified atom stereocenters. The van der Waals surface area contributed by atoms with Crippen molar-refractivity contribution in [2.45, 2.75) is 13.3 Å². The van der Waals surface area contributed by atoms with Crippen LogP contribution in [0.1, 0.15) is 28.4 Å². The van der Waals surface area contributed by atoms with E-state index in [4.69, 9.17) is 9.29 Å². The third-order valence-electron chi connectivity index (χ3n) is 5.20. The minimum Gasteiger partial charge on any atom is -0.481 e. The van der Waals surface area contributed by atoms with Gasteiger partial charge in [0.1, 0.15) is 5.75 Å². The number of hydrogen-bond acceptors (Lipinski definition) is 5. The minimum atomic E-state index is -3.59. The van der Waals surface area contributed by atoms with Gasteiger partial charge in [0.05, 0.1) is 12.2 Å². The fraction of sp³-hybridized carbons (Fsp3) is 0.185. The first kappa shape index (κ1) is 25.7. The third kappa shape index (κ3) is 7.82. The lowest BCUT2D eigenvalue weighted by Gasteiger charge is -2.22. The Morgan fingerprint density at radius 1 is 0.971 bits per heavy atom. The van der Waals surface area contributed by atoms with Gasteiger partial charge >= 0.3 is 16.1 Å². The van der Waals surface area contributed by atoms with Crippen molar-refractivity contribution in [1.82, 2.24) is 0 Å². The van der Waals surface area contributed by atoms with E-state index in [1.807, 2.05) is 42.5 Å². The van der Waals surface area contributed by atoms with E-state index in [1.54, 1.807) is 60.4 Å². The summed E-state index contributed by atoms with van der Waals surface area (Å²) in [5.41, 5.74) is 2.93. The SMILES string of the molecule is C[C@@H](Cc1ccc(N(C/C=C/c2ccc(OS(C)(=O)=O)cc2)C(=O)c2ccccc2)cc1)C(=O)O. The summed E-state index contributed by atoms with van der Waals surface area (Å²) in [6, 6.07) is 22.8. The van der Waals surface area contributed by atoms with Crippen molar-refractivity contribution in [3.05, 3.63) is 102 Å². The molecule has 182 valence electrons. The Balaban J connectivity index is 1.79. The molecule has 0 fully saturated rings. The zero-order valence-electron chi connectivity index (χ0n) is 19.5. The minimum absolute atomic E-state index is 0.168. The molecule has 0 radical (unpaired) electrons. The Hall–Kier alpha value is -3.91. The van der Waals surface area contributed by atoms with Gasteiger partial charge < -0.3 is 14.2 Å². The Kier molecular flexibility index (Phi) is 8.43. The van der Waals surface area contributed by atoms with Crippen LogP contribution in [-0.4, -0.2) is 38.2 Å². The van der Waals surface area contributed by atoms with Crippen LogP contribution in [0.4, 0.5) is 5.69 Å². The summed E-state index contributed by atoms with van der Waals surface area (Å²) in [6.45, 7) is 1.95. The van der Waals surface area contributed by atoms with E-state index in [1.165, 1.54) is 0 Å². The van der Waals surface area contributed by atoms with Gasteiger partial charge in [0.25, 0.3) is 5.91 Å². The van der Waals surface area contributed by atoms with E-state index in [0.29, 0.717) is 24.2 Å². The summed E-state index contributed by atoms with van der Waals surface area (Å²) in [4.78, 5) is 26.0. The molecule has 1 N–H and O–H groups in total. The van der Waals surface area contributed by atoms with E-state index in [0.717, 1.165) is 17.4 Å². The molecule has 7 nitrogen and oxygen atoms in total. The quantitative estimate of drug-likeness (QED) is 0.413. The maximum Gasteiger partial charge on any atom is 0.306 e. The van der Waals surface area contributed by atoms with Crippen LogP contribution in [0.2, 0.25) is 0 Å². The highest BCUT2D eigenvalue weighted by Gasteiger charge is 2.17. The summed E-state index contributed by atoms with van der Waals surface area (Å²) in [5.74, 6) is -1.29. The van der Waals surface area contributed by atoms with Gasteiger partial charge in [0.15, 0.2) is 0 Å². The molecule has 0 aliphatic heterocycles. The number of benzene rings is 3. The number of carbonyl (C=O) groups excluding carboxylic acids is 1. The fourth-order valence-electron chi connectivity index (χ4n) is 3.40. The Labute approximate surface area is 205 Å². The van der Waals surface area contributed by atoms with E-state index in [-0.39, 0.29) is 11.7 Å². The zero-order valence-corrected chi connectivity index (χ0v) is 20.3. The molecular weight excluding hydrogens is 466 g/mol. The van der Waals surface area contributed by atoms with Gasteiger partial charge in [-0.3, -0.25) is 9.59 Å². The maximum absolute atomic E-state index is 13.3. The summed E-state index contributed by atoms with van der Waals surface area (Å²) in [5, 5.41) is 9.15. The Morgan fingerprint density at radius 2 is 1.60 bits per heavy atom. The molecule has 0 heterocycles. The second kappa shape index (κ2) is 11.5. The molecule has 0 aliphatic carbocycles. The molecule has 1 atom stereocenters. The maximum atomic E-state index is 13.3. The van der Waals surface area contributed by atoms with Crippen LogP contribution in [0.5, 0.6) is 5.75 Å². The van der Waals surface area contributed by atoms with Crippen LogP contribution in [0.3, 0.4) is 0 Å². The lowest BCUT2D eigenvalue weighted by atomic mass is 10.0. The number of anilines is 1. The van der Waals surface area contributed by atoms with Crippen molar-refractivity contribution >= 4 is 33.8 Å². The highest BCUT2D eigenvalue weighted by atomic mass is 32.2. The van der Waals surface area contributed by atoms with Crippen LogP contribution in [0, 0.1) is 5.92 Å². The lowest BCUT2D eigenvalue weighted by molar-refractivity contribution is -0.141. The number of carboxylic acids is 1. The van der Waals surface area contributed by atoms with Crippen LogP contribution >= 0.6 is 0 Å². The van der Waals surface area contributed by atoms with Crippen LogP contribution in [0.15, 0.2) is 84.9 Å². The summed E-state index contributed by atoms with van der Waals surface area (Å²) in [7, 11) is -3.59. The molecule has 0 aliphatic rings. The molecule has 0 saturated heterocycles. The molecule has 3 aromatic carbocycles. The predicted molar refractivity (Wildman–Crippen MR) is 136 cm³/mol. The van der Waals surface area contributed by atoms with Crippen LogP contribution < -0.4 is 9.08 Å². The predicted octanol–water partition coefficient (Wildman–Crippen LogP) is 4.65. The number of nitrogens with zero attached hydrogens (tertiary/aromatic N) is 1. The van der Waals surface area contributed by atoms with E-state index >= 15 is 0 Å². The number of aliphatic carboxylic acids is 1. The summed E-state index contributed by atoms with van der Waals surface area (Å²) >= 11 is 0. The van der Waals surface area contributed by atoms with Gasteiger partial charge in [-0.15, -0.1) is 0 Å². The second-order valence-electron chi connectivity index (χ2n) is 8.15. The lowest BCUT2D eigenvalue weighted by Crippen LogP contribution is -2.31. The Morgan fingerprint density at radius 3 is 2.17 bits per heavy atom. The van der Waals surface area contributed by atoms with E-state index < -0.39 is 22.0 Å². The van der Waals surface area contributed by atoms with E-state index in [2.05, 4.69) is 0 Å². The van der Waals surface area contributed by atoms with Gasteiger partial charge in [-0.25, -0.2) is 0 Å². The molecular formula is C27H27NO6S. The van der Waals surface area contributed by atoms with Gasteiger partial charge in [0, 0.05) is 17.8 Å². The molecule has 0 aromatic heterocycles. The number of carboxylic acid groups (broad SMARTS) is 1. The van der Waals surface area contributed by atoms with Gasteiger partial charge in [0.2, 0.25) is 0 Å². The second-order valence-corrected chi connectivity index (χ2v) is 9.73. The largest absolute Gasteiger partial charge is 0.481 e. The number of carbonyl (C=O) groups is 2. The molecule has 8 heteroatoms. The van der Waals surface area contributed by atoms with Crippen LogP contribution in [0.25, 0.3) is 6.08 Å². The molecule has 0 spiro atoms. The molecule has 3 rings (SSSR count). The van der Waals surface area contributed by atoms with Crippen molar-refractivity contribution in [1.29, 1.82) is 0 Å². The monoisotopic (exact) mass is 493 g/mol. The highest BCUT2D eigenvalue weighted by Crippen LogP contribution is 2.21. The first-order valence-corrected chi connectivity index (χ1v) is 12.8. The first-order valence-electron chi connectivity index (χ1n) is 11.0. The van der Waals surface area contributed by atoms with Gasteiger partial charge in [-0.05, 0) is 53.9 Å². The van der Waals surface area contributed by atoms with Gasteiger partial charge in [-0.2, -0.15) is 8.42 Å². The van der Waals surface area contributed by atoms with E-state index in [9.17, 15) is 18.0 Å². The normalized spacial score (nSPS) is 12.3. The number of hydrogen-bond donors (Lipinski definition) is 1. The van der Waals surface area contributed by atoms with Gasteiger partial charge in [-0.1, -0.05) is 61.5 Å². The third-order valence-corrected chi connectivity index (χ3v) is 5.70.